The van der Waals surface area contributed by atoms with Crippen LogP contribution in [-0.4, -0.2) is 15.6 Å². The minimum Gasteiger partial charge on any atom is -0.454 e. The van der Waals surface area contributed by atoms with Gasteiger partial charge in [0, 0.05) is 12.6 Å². The predicted molar refractivity (Wildman–Crippen MR) is 60.7 cm³/mol. The number of hydrogen-bond acceptors (Lipinski definition) is 3. The van der Waals surface area contributed by atoms with Gasteiger partial charge in [0.2, 0.25) is 0 Å². The van der Waals surface area contributed by atoms with Crippen molar-refractivity contribution in [2.45, 2.75) is 0 Å². The average Bonchev–Trinajstić information content (AvgIpc) is 2.65. The van der Waals surface area contributed by atoms with E-state index in [9.17, 15) is 0 Å². The topological polar surface area (TPSA) is 76.9 Å². The third kappa shape index (κ3) is 2.20. The highest BCUT2D eigenvalue weighted by Crippen LogP contribution is 2.20. The van der Waals surface area contributed by atoms with Crippen LogP contribution in [0.1, 0.15) is 5.56 Å². The Balaban J connectivity index is 2.14. The van der Waals surface area contributed by atoms with Crippen LogP contribution in [0.25, 0.3) is 0 Å². The minimum absolute atomic E-state index is 0.0490. The average molecular weight is 216 g/mol. The Kier molecular flexibility index (Phi) is 2.59. The third-order valence-electron chi connectivity index (χ3n) is 2.08. The van der Waals surface area contributed by atoms with Crippen molar-refractivity contribution in [1.29, 1.82) is 5.41 Å². The molecule has 5 heteroatoms. The molecule has 82 valence electrons. The maximum Gasteiger partial charge on any atom is 0.165 e. The summed E-state index contributed by atoms with van der Waals surface area (Å²) >= 11 is 0. The van der Waals surface area contributed by atoms with Crippen LogP contribution in [-0.2, 0) is 7.05 Å². The van der Waals surface area contributed by atoms with Gasteiger partial charge >= 0.3 is 0 Å². The molecular weight excluding hydrogens is 204 g/mol. The van der Waals surface area contributed by atoms with Crippen LogP contribution in [0, 0.1) is 5.41 Å². The van der Waals surface area contributed by atoms with Gasteiger partial charge in [0.15, 0.2) is 5.75 Å². The van der Waals surface area contributed by atoms with E-state index < -0.39 is 0 Å². The zero-order valence-corrected chi connectivity index (χ0v) is 8.84. The Morgan fingerprint density at radius 1 is 1.31 bits per heavy atom. The molecule has 16 heavy (non-hydrogen) atoms. The normalized spacial score (nSPS) is 10.1. The summed E-state index contributed by atoms with van der Waals surface area (Å²) in [5, 5.41) is 11.3. The van der Waals surface area contributed by atoms with Crippen LogP contribution >= 0.6 is 0 Å². The van der Waals surface area contributed by atoms with Crippen LogP contribution in [0.15, 0.2) is 36.7 Å². The Hall–Kier alpha value is -2.30. The highest BCUT2D eigenvalue weighted by atomic mass is 16.5. The second kappa shape index (κ2) is 4.06. The molecule has 1 aromatic carbocycles. The van der Waals surface area contributed by atoms with E-state index in [1.807, 2.05) is 7.05 Å². The van der Waals surface area contributed by atoms with E-state index in [-0.39, 0.29) is 5.84 Å². The van der Waals surface area contributed by atoms with Crippen LogP contribution in [0.5, 0.6) is 11.5 Å². The lowest BCUT2D eigenvalue weighted by molar-refractivity contribution is 0.482. The van der Waals surface area contributed by atoms with E-state index in [2.05, 4.69) is 5.10 Å². The highest BCUT2D eigenvalue weighted by Gasteiger charge is 2.00. The molecule has 0 spiro atoms. The molecule has 0 aliphatic heterocycles. The molecule has 1 aromatic heterocycles. The maximum absolute atomic E-state index is 7.25. The third-order valence-corrected chi connectivity index (χ3v) is 2.08. The zero-order valence-electron chi connectivity index (χ0n) is 8.84. The fourth-order valence-corrected chi connectivity index (χ4v) is 1.29. The first-order chi connectivity index (χ1) is 7.65. The second-order valence-electron chi connectivity index (χ2n) is 3.39. The van der Waals surface area contributed by atoms with Crippen molar-refractivity contribution in [3.63, 3.8) is 0 Å². The fraction of sp³-hybridized carbons (Fsp3) is 0.0909. The summed E-state index contributed by atoms with van der Waals surface area (Å²) in [7, 11) is 1.83. The van der Waals surface area contributed by atoms with Gasteiger partial charge in [-0.1, -0.05) is 0 Å². The number of nitrogens with zero attached hydrogens (tertiary/aromatic N) is 2. The Morgan fingerprint density at radius 3 is 2.50 bits per heavy atom. The minimum atomic E-state index is 0.0490. The number of hydrogen-bond donors (Lipinski definition) is 2. The fourth-order valence-electron chi connectivity index (χ4n) is 1.29. The summed E-state index contributed by atoms with van der Waals surface area (Å²) in [6.07, 6.45) is 3.41. The first kappa shape index (κ1) is 10.2. The molecular formula is C11H12N4O. The van der Waals surface area contributed by atoms with E-state index in [4.69, 9.17) is 15.9 Å². The van der Waals surface area contributed by atoms with E-state index in [0.717, 1.165) is 0 Å². The van der Waals surface area contributed by atoms with Crippen LogP contribution < -0.4 is 10.5 Å². The van der Waals surface area contributed by atoms with Gasteiger partial charge in [-0.05, 0) is 24.3 Å². The number of aromatic nitrogens is 2. The standard InChI is InChI=1S/C11H12N4O/c1-15-7-10(6-14-15)16-9-4-2-8(3-5-9)11(12)13/h2-7H,1H3,(H3,12,13). The van der Waals surface area contributed by atoms with E-state index in [1.165, 1.54) is 0 Å². The molecule has 2 rings (SSSR count). The lowest BCUT2D eigenvalue weighted by atomic mass is 10.2. The molecule has 0 saturated heterocycles. The van der Waals surface area contributed by atoms with Crippen molar-refractivity contribution in [2.24, 2.45) is 12.8 Å². The van der Waals surface area contributed by atoms with Gasteiger partial charge < -0.3 is 10.5 Å². The SMILES string of the molecule is Cn1cc(Oc2ccc(C(=N)N)cc2)cn1. The highest BCUT2D eigenvalue weighted by molar-refractivity contribution is 5.94. The number of amidine groups is 1. The second-order valence-corrected chi connectivity index (χ2v) is 3.39. The summed E-state index contributed by atoms with van der Waals surface area (Å²) in [4.78, 5) is 0. The lowest BCUT2D eigenvalue weighted by Crippen LogP contribution is -2.10. The molecule has 0 bridgehead atoms. The molecule has 1 heterocycles. The quantitative estimate of drug-likeness (QED) is 0.603. The molecule has 0 fully saturated rings. The van der Waals surface area contributed by atoms with Gasteiger partial charge in [0.25, 0.3) is 0 Å². The maximum atomic E-state index is 7.25. The van der Waals surface area contributed by atoms with Crippen molar-refractivity contribution in [3.8, 4) is 11.5 Å². The number of aryl methyl sites for hydroxylation is 1. The number of nitrogens with two attached hydrogens (primary N) is 1. The predicted octanol–water partition coefficient (Wildman–Crippen LogP) is 1.50. The van der Waals surface area contributed by atoms with E-state index in [0.29, 0.717) is 17.1 Å². The number of ether oxygens (including phenoxy) is 1. The summed E-state index contributed by atoms with van der Waals surface area (Å²) in [6.45, 7) is 0. The molecule has 0 unspecified atom stereocenters. The van der Waals surface area contributed by atoms with Crippen LogP contribution in [0.3, 0.4) is 0 Å². The first-order valence-electron chi connectivity index (χ1n) is 4.76. The van der Waals surface area contributed by atoms with Crippen LogP contribution in [0.2, 0.25) is 0 Å². The molecule has 3 N–H and O–H groups in total. The van der Waals surface area contributed by atoms with Crippen molar-refractivity contribution < 1.29 is 4.74 Å². The number of nitrogen functional groups attached to an aromatic ring is 1. The van der Waals surface area contributed by atoms with Gasteiger partial charge in [-0.2, -0.15) is 5.10 Å². The summed E-state index contributed by atoms with van der Waals surface area (Å²) < 4.78 is 7.21. The van der Waals surface area contributed by atoms with E-state index in [1.54, 1.807) is 41.3 Å². The van der Waals surface area contributed by atoms with Crippen molar-refractivity contribution in [2.75, 3.05) is 0 Å². The Morgan fingerprint density at radius 2 is 2.00 bits per heavy atom. The summed E-state index contributed by atoms with van der Waals surface area (Å²) in [6, 6.07) is 7.02. The largest absolute Gasteiger partial charge is 0.454 e. The Labute approximate surface area is 93.0 Å². The van der Waals surface area contributed by atoms with Gasteiger partial charge in [-0.25, -0.2) is 0 Å². The van der Waals surface area contributed by atoms with Gasteiger partial charge in [-0.3, -0.25) is 10.1 Å². The van der Waals surface area contributed by atoms with Gasteiger partial charge in [0.1, 0.15) is 11.6 Å². The van der Waals surface area contributed by atoms with E-state index >= 15 is 0 Å². The van der Waals surface area contributed by atoms with Gasteiger partial charge in [-0.15, -0.1) is 0 Å². The molecule has 0 radical (unpaired) electrons. The van der Waals surface area contributed by atoms with Crippen molar-refractivity contribution in [3.05, 3.63) is 42.2 Å². The molecule has 2 aromatic rings. The summed E-state index contributed by atoms with van der Waals surface area (Å²) in [5.41, 5.74) is 6.03. The monoisotopic (exact) mass is 216 g/mol. The van der Waals surface area contributed by atoms with Crippen molar-refractivity contribution in [1.82, 2.24) is 9.78 Å². The molecule has 5 nitrogen and oxygen atoms in total. The van der Waals surface area contributed by atoms with Gasteiger partial charge in [0.05, 0.1) is 12.4 Å². The number of rotatable bonds is 3. The smallest absolute Gasteiger partial charge is 0.165 e. The van der Waals surface area contributed by atoms with Crippen molar-refractivity contribution >= 4 is 5.84 Å². The molecule has 0 aliphatic rings. The number of benzene rings is 1. The molecule has 0 amide bonds. The Bertz CT molecular complexity index is 501. The molecule has 0 saturated carbocycles. The molecule has 0 atom stereocenters. The first-order valence-corrected chi connectivity index (χ1v) is 4.76. The summed E-state index contributed by atoms with van der Waals surface area (Å²) in [5.74, 6) is 1.42. The zero-order chi connectivity index (χ0) is 11.5. The lowest BCUT2D eigenvalue weighted by Gasteiger charge is -2.03. The van der Waals surface area contributed by atoms with Crippen LogP contribution in [0.4, 0.5) is 0 Å². The number of nitrogens with one attached hydrogen (secondary N) is 1. The molecule has 0 aliphatic carbocycles.